The van der Waals surface area contributed by atoms with E-state index in [0.29, 0.717) is 17.2 Å². The summed E-state index contributed by atoms with van der Waals surface area (Å²) in [6.45, 7) is 3.80. The normalized spacial score (nSPS) is 20.0. The Labute approximate surface area is 125 Å². The molecule has 1 aliphatic rings. The van der Waals surface area contributed by atoms with Crippen molar-refractivity contribution < 1.29 is 9.90 Å². The van der Waals surface area contributed by atoms with Crippen molar-refractivity contribution in [2.45, 2.75) is 25.8 Å². The largest absolute Gasteiger partial charge is 0.396 e. The van der Waals surface area contributed by atoms with E-state index in [0.717, 1.165) is 25.9 Å². The molecule has 1 aliphatic heterocycles. The molecule has 1 aromatic carbocycles. The molecule has 2 unspecified atom stereocenters. The second-order valence-electron chi connectivity index (χ2n) is 5.48. The third kappa shape index (κ3) is 3.81. The fourth-order valence-corrected chi connectivity index (χ4v) is 2.73. The Morgan fingerprint density at radius 3 is 3.05 bits per heavy atom. The monoisotopic (exact) mass is 287 g/mol. The van der Waals surface area contributed by atoms with Crippen molar-refractivity contribution >= 4 is 11.6 Å². The number of carbonyl (C=O) groups is 1. The van der Waals surface area contributed by atoms with Crippen molar-refractivity contribution in [1.82, 2.24) is 4.90 Å². The van der Waals surface area contributed by atoms with Gasteiger partial charge in [-0.15, -0.1) is 0 Å². The van der Waals surface area contributed by atoms with Crippen molar-refractivity contribution in [2.75, 3.05) is 25.0 Å². The predicted octanol–water partition coefficient (Wildman–Crippen LogP) is 1.59. The molecular formula is C16H21N3O2. The van der Waals surface area contributed by atoms with Crippen LogP contribution in [0.5, 0.6) is 0 Å². The van der Waals surface area contributed by atoms with Crippen molar-refractivity contribution in [2.24, 2.45) is 5.92 Å². The third-order valence-corrected chi connectivity index (χ3v) is 4.09. The van der Waals surface area contributed by atoms with Crippen LogP contribution in [0.4, 0.5) is 5.69 Å². The Bertz CT molecular complexity index is 539. The van der Waals surface area contributed by atoms with Gasteiger partial charge in [-0.25, -0.2) is 0 Å². The standard InChI is InChI=1S/C16H21N3O2/c1-12(19-8-6-13(11-19)7-9-20)16(21)18-15-5-3-2-4-14(15)10-17/h2-5,12-13,20H,6-9,11H2,1H3,(H,18,21). The molecule has 5 heteroatoms. The summed E-state index contributed by atoms with van der Waals surface area (Å²) in [5.41, 5.74) is 1.03. The first-order valence-electron chi connectivity index (χ1n) is 7.30. The molecule has 0 saturated carbocycles. The fraction of sp³-hybridized carbons (Fsp3) is 0.500. The number of nitrogens with one attached hydrogen (secondary N) is 1. The van der Waals surface area contributed by atoms with Crippen LogP contribution in [0.1, 0.15) is 25.3 Å². The number of carbonyl (C=O) groups excluding carboxylic acids is 1. The van der Waals surface area contributed by atoms with E-state index in [-0.39, 0.29) is 18.6 Å². The van der Waals surface area contributed by atoms with E-state index in [1.54, 1.807) is 24.3 Å². The maximum Gasteiger partial charge on any atom is 0.241 e. The molecule has 21 heavy (non-hydrogen) atoms. The number of likely N-dealkylation sites (tertiary alicyclic amines) is 1. The maximum absolute atomic E-state index is 12.3. The van der Waals surface area contributed by atoms with Gasteiger partial charge < -0.3 is 10.4 Å². The van der Waals surface area contributed by atoms with Crippen LogP contribution in [0.3, 0.4) is 0 Å². The molecule has 1 fully saturated rings. The number of anilines is 1. The summed E-state index contributed by atoms with van der Waals surface area (Å²) >= 11 is 0. The van der Waals surface area contributed by atoms with E-state index in [9.17, 15) is 4.79 Å². The summed E-state index contributed by atoms with van der Waals surface area (Å²) in [6.07, 6.45) is 1.81. The molecule has 0 spiro atoms. The highest BCUT2D eigenvalue weighted by Crippen LogP contribution is 2.22. The van der Waals surface area contributed by atoms with Crippen molar-refractivity contribution in [1.29, 1.82) is 5.26 Å². The summed E-state index contributed by atoms with van der Waals surface area (Å²) < 4.78 is 0. The van der Waals surface area contributed by atoms with Gasteiger partial charge in [-0.05, 0) is 44.4 Å². The lowest BCUT2D eigenvalue weighted by Gasteiger charge is -2.23. The van der Waals surface area contributed by atoms with Crippen LogP contribution in [-0.2, 0) is 4.79 Å². The Kier molecular flexibility index (Phi) is 5.32. The van der Waals surface area contributed by atoms with Gasteiger partial charge in [-0.2, -0.15) is 5.26 Å². The molecule has 1 saturated heterocycles. The molecular weight excluding hydrogens is 266 g/mol. The van der Waals surface area contributed by atoms with Crippen molar-refractivity contribution in [3.63, 3.8) is 0 Å². The van der Waals surface area contributed by atoms with Gasteiger partial charge in [-0.1, -0.05) is 12.1 Å². The molecule has 1 heterocycles. The lowest BCUT2D eigenvalue weighted by molar-refractivity contribution is -0.120. The van der Waals surface area contributed by atoms with Gasteiger partial charge in [0.2, 0.25) is 5.91 Å². The average molecular weight is 287 g/mol. The van der Waals surface area contributed by atoms with Gasteiger partial charge in [0.05, 0.1) is 17.3 Å². The Balaban J connectivity index is 1.96. The Hall–Kier alpha value is -1.90. The number of rotatable bonds is 5. The molecule has 0 bridgehead atoms. The third-order valence-electron chi connectivity index (χ3n) is 4.09. The summed E-state index contributed by atoms with van der Waals surface area (Å²) in [6, 6.07) is 8.84. The van der Waals surface area contributed by atoms with Crippen LogP contribution in [-0.4, -0.2) is 41.7 Å². The summed E-state index contributed by atoms with van der Waals surface area (Å²) in [5.74, 6) is 0.374. The average Bonchev–Trinajstić information content (AvgIpc) is 2.96. The van der Waals surface area contributed by atoms with Crippen LogP contribution in [0.25, 0.3) is 0 Å². The van der Waals surface area contributed by atoms with Crippen LogP contribution < -0.4 is 5.32 Å². The summed E-state index contributed by atoms with van der Waals surface area (Å²) in [5, 5.41) is 20.9. The zero-order chi connectivity index (χ0) is 15.2. The molecule has 0 aromatic heterocycles. The van der Waals surface area contributed by atoms with E-state index >= 15 is 0 Å². The molecule has 1 aromatic rings. The highest BCUT2D eigenvalue weighted by Gasteiger charge is 2.29. The van der Waals surface area contributed by atoms with Gasteiger partial charge in [0.1, 0.15) is 6.07 Å². The van der Waals surface area contributed by atoms with Gasteiger partial charge in [-0.3, -0.25) is 9.69 Å². The Morgan fingerprint density at radius 2 is 2.33 bits per heavy atom. The van der Waals surface area contributed by atoms with E-state index in [2.05, 4.69) is 16.3 Å². The molecule has 0 aliphatic carbocycles. The number of hydrogen-bond donors (Lipinski definition) is 2. The van der Waals surface area contributed by atoms with Crippen LogP contribution in [0, 0.1) is 17.2 Å². The lowest BCUT2D eigenvalue weighted by Crippen LogP contribution is -2.40. The van der Waals surface area contributed by atoms with Gasteiger partial charge in [0, 0.05) is 13.2 Å². The minimum atomic E-state index is -0.236. The molecule has 5 nitrogen and oxygen atoms in total. The first-order valence-corrected chi connectivity index (χ1v) is 7.30. The number of aliphatic hydroxyl groups is 1. The predicted molar refractivity (Wildman–Crippen MR) is 80.6 cm³/mol. The maximum atomic E-state index is 12.3. The fourth-order valence-electron chi connectivity index (χ4n) is 2.73. The van der Waals surface area contributed by atoms with Crippen LogP contribution >= 0.6 is 0 Å². The first kappa shape index (κ1) is 15.5. The SMILES string of the molecule is CC(C(=O)Nc1ccccc1C#N)N1CCC(CCO)C1. The van der Waals surface area contributed by atoms with Crippen molar-refractivity contribution in [3.8, 4) is 6.07 Å². The van der Waals surface area contributed by atoms with Gasteiger partial charge in [0.25, 0.3) is 0 Å². The van der Waals surface area contributed by atoms with Crippen LogP contribution in [0.15, 0.2) is 24.3 Å². The highest BCUT2D eigenvalue weighted by molar-refractivity contribution is 5.95. The summed E-state index contributed by atoms with van der Waals surface area (Å²) in [4.78, 5) is 14.5. The van der Waals surface area contributed by atoms with E-state index < -0.39 is 0 Å². The molecule has 2 atom stereocenters. The van der Waals surface area contributed by atoms with E-state index in [1.165, 1.54) is 0 Å². The lowest BCUT2D eigenvalue weighted by atomic mass is 10.1. The van der Waals surface area contributed by atoms with Gasteiger partial charge >= 0.3 is 0 Å². The minimum absolute atomic E-state index is 0.0950. The number of nitrogens with zero attached hydrogens (tertiary/aromatic N) is 2. The molecule has 0 radical (unpaired) electrons. The number of aliphatic hydroxyl groups excluding tert-OH is 1. The summed E-state index contributed by atoms with van der Waals surface area (Å²) in [7, 11) is 0. The topological polar surface area (TPSA) is 76.4 Å². The second-order valence-corrected chi connectivity index (χ2v) is 5.48. The molecule has 2 rings (SSSR count). The quantitative estimate of drug-likeness (QED) is 0.862. The highest BCUT2D eigenvalue weighted by atomic mass is 16.3. The number of amides is 1. The molecule has 1 amide bonds. The van der Waals surface area contributed by atoms with Crippen molar-refractivity contribution in [3.05, 3.63) is 29.8 Å². The molecule has 112 valence electrons. The number of para-hydroxylation sites is 1. The smallest absolute Gasteiger partial charge is 0.241 e. The van der Waals surface area contributed by atoms with Gasteiger partial charge in [0.15, 0.2) is 0 Å². The second kappa shape index (κ2) is 7.21. The van der Waals surface area contributed by atoms with Crippen LogP contribution in [0.2, 0.25) is 0 Å². The number of nitriles is 1. The number of hydrogen-bond acceptors (Lipinski definition) is 4. The van der Waals surface area contributed by atoms with E-state index in [1.807, 2.05) is 6.92 Å². The zero-order valence-electron chi connectivity index (χ0n) is 12.2. The number of benzene rings is 1. The first-order chi connectivity index (χ1) is 10.2. The zero-order valence-corrected chi connectivity index (χ0v) is 12.2. The van der Waals surface area contributed by atoms with E-state index in [4.69, 9.17) is 10.4 Å². The Morgan fingerprint density at radius 1 is 1.57 bits per heavy atom. The minimum Gasteiger partial charge on any atom is -0.396 e. The molecule has 2 N–H and O–H groups in total.